The number of fused-ring (bicyclic) bond motifs is 19. The van der Waals surface area contributed by atoms with Gasteiger partial charge in [-0.2, -0.15) is 0 Å². The van der Waals surface area contributed by atoms with Crippen molar-refractivity contribution in [3.05, 3.63) is 164 Å². The summed E-state index contributed by atoms with van der Waals surface area (Å²) in [6, 6.07) is 61.2. The van der Waals surface area contributed by atoms with Crippen LogP contribution in [-0.2, 0) is 0 Å². The molecule has 0 N–H and O–H groups in total. The van der Waals surface area contributed by atoms with E-state index in [1.807, 2.05) is 11.3 Å². The van der Waals surface area contributed by atoms with E-state index in [2.05, 4.69) is 168 Å². The molecule has 0 unspecified atom stereocenters. The summed E-state index contributed by atoms with van der Waals surface area (Å²) < 4.78 is 5.19. The summed E-state index contributed by atoms with van der Waals surface area (Å²) in [5.74, 6) is 0. The maximum absolute atomic E-state index is 2.51. The van der Waals surface area contributed by atoms with E-state index >= 15 is 0 Å². The lowest BCUT2D eigenvalue weighted by Crippen LogP contribution is -1.95. The summed E-state index contributed by atoms with van der Waals surface area (Å²) in [7, 11) is 0. The maximum atomic E-state index is 2.51. The highest BCUT2D eigenvalue weighted by molar-refractivity contribution is 7.26. The first-order chi connectivity index (χ1) is 24.8. The number of nitrogens with zero attached hydrogens (tertiary/aromatic N) is 1. The van der Waals surface area contributed by atoms with E-state index in [0.29, 0.717) is 0 Å². The Morgan fingerprint density at radius 3 is 1.32 bits per heavy atom. The summed E-state index contributed by atoms with van der Waals surface area (Å²) in [5.41, 5.74) is 3.72. The van der Waals surface area contributed by atoms with Gasteiger partial charge in [-0.3, -0.25) is 0 Å². The molecule has 230 valence electrons. The second-order valence-corrected chi connectivity index (χ2v) is 14.7. The van der Waals surface area contributed by atoms with Gasteiger partial charge < -0.3 is 4.57 Å². The minimum absolute atomic E-state index is 1.19. The number of hydrogen-bond donors (Lipinski definition) is 0. The summed E-state index contributed by atoms with van der Waals surface area (Å²) >= 11 is 1.91. The lowest BCUT2D eigenvalue weighted by atomic mass is 9.88. The van der Waals surface area contributed by atoms with Crippen LogP contribution < -0.4 is 0 Å². The molecule has 12 rings (SSSR count). The third kappa shape index (κ3) is 3.41. The molecule has 0 amide bonds. The van der Waals surface area contributed by atoms with Gasteiger partial charge in [0.2, 0.25) is 0 Å². The molecule has 0 spiro atoms. The van der Waals surface area contributed by atoms with Gasteiger partial charge in [0.15, 0.2) is 0 Å². The first-order valence-corrected chi connectivity index (χ1v) is 18.1. The van der Waals surface area contributed by atoms with Gasteiger partial charge in [0.25, 0.3) is 0 Å². The van der Waals surface area contributed by atoms with Crippen molar-refractivity contribution in [2.75, 3.05) is 0 Å². The van der Waals surface area contributed by atoms with Gasteiger partial charge in [0.1, 0.15) is 0 Å². The van der Waals surface area contributed by atoms with Crippen molar-refractivity contribution in [2.24, 2.45) is 0 Å². The van der Waals surface area contributed by atoms with Crippen molar-refractivity contribution in [2.45, 2.75) is 0 Å². The zero-order valence-corrected chi connectivity index (χ0v) is 27.8. The summed E-state index contributed by atoms with van der Waals surface area (Å²) in [5, 5.41) is 20.8. The lowest BCUT2D eigenvalue weighted by molar-refractivity contribution is 1.19. The Morgan fingerprint density at radius 2 is 0.720 bits per heavy atom. The Hall–Kier alpha value is -6.22. The topological polar surface area (TPSA) is 4.93 Å². The van der Waals surface area contributed by atoms with Gasteiger partial charge in [0, 0.05) is 31.9 Å². The highest BCUT2D eigenvalue weighted by atomic mass is 32.1. The number of aromatic nitrogens is 1. The molecule has 0 radical (unpaired) electrons. The molecule has 0 atom stereocenters. The van der Waals surface area contributed by atoms with Crippen LogP contribution in [0.25, 0.3) is 112 Å². The summed E-state index contributed by atoms with van der Waals surface area (Å²) in [6.45, 7) is 0. The number of rotatable bonds is 1. The van der Waals surface area contributed by atoms with E-state index in [9.17, 15) is 0 Å². The average Bonchev–Trinajstić information content (AvgIpc) is 3.73. The van der Waals surface area contributed by atoms with E-state index in [4.69, 9.17) is 0 Å². The van der Waals surface area contributed by atoms with Crippen LogP contribution in [0.3, 0.4) is 0 Å². The minimum Gasteiger partial charge on any atom is -0.308 e. The second kappa shape index (κ2) is 9.69. The molecule has 10 aromatic carbocycles. The minimum atomic E-state index is 1.19. The van der Waals surface area contributed by atoms with Gasteiger partial charge in [-0.15, -0.1) is 11.3 Å². The number of benzene rings is 10. The van der Waals surface area contributed by atoms with Crippen LogP contribution in [0.15, 0.2) is 164 Å². The number of thiophene rings is 1. The van der Waals surface area contributed by atoms with Crippen LogP contribution in [0.1, 0.15) is 0 Å². The Kier molecular flexibility index (Phi) is 5.18. The van der Waals surface area contributed by atoms with Crippen LogP contribution in [0.2, 0.25) is 0 Å². The van der Waals surface area contributed by atoms with Gasteiger partial charge in [-0.05, 0) is 101 Å². The van der Waals surface area contributed by atoms with Crippen LogP contribution >= 0.6 is 11.3 Å². The molecule has 1 nitrogen and oxygen atoms in total. The molecule has 0 bridgehead atoms. The first kappa shape index (κ1) is 26.7. The lowest BCUT2D eigenvalue weighted by Gasteiger charge is -2.16. The fraction of sp³-hybridized carbons (Fsp3) is 0. The number of hydrogen-bond acceptors (Lipinski definition) is 1. The third-order valence-electron chi connectivity index (χ3n) is 11.1. The van der Waals surface area contributed by atoms with Crippen LogP contribution in [0.5, 0.6) is 0 Å². The van der Waals surface area contributed by atoms with Crippen LogP contribution in [0.4, 0.5) is 0 Å². The van der Waals surface area contributed by atoms with Crippen molar-refractivity contribution in [1.82, 2.24) is 4.57 Å². The van der Waals surface area contributed by atoms with E-state index in [1.54, 1.807) is 0 Å². The van der Waals surface area contributed by atoms with Gasteiger partial charge >= 0.3 is 0 Å². The predicted octanol–water partition coefficient (Wildman–Crippen LogP) is 14.1. The smallest absolute Gasteiger partial charge is 0.0719 e. The van der Waals surface area contributed by atoms with E-state index < -0.39 is 0 Å². The standard InChI is InChI=1S/C48H27NS/c1-3-13-31-29(11-1)30-12-2-4-14-32(30)42-27-44-35-22-21-28(25-40(35)33-15-5-6-16-34(33)43(44)26-41(31)42)49-45-19-9-7-17-36(45)38-23-24-39-37-18-8-10-20-46(37)50-48(39)47(38)49/h1-27H. The van der Waals surface area contributed by atoms with Crippen molar-refractivity contribution in [3.63, 3.8) is 0 Å². The Labute approximate surface area is 290 Å². The molecule has 2 heterocycles. The summed E-state index contributed by atoms with van der Waals surface area (Å²) in [6.07, 6.45) is 0. The molecule has 2 aromatic heterocycles. The zero-order valence-electron chi connectivity index (χ0n) is 26.9. The van der Waals surface area contributed by atoms with Crippen molar-refractivity contribution in [1.29, 1.82) is 0 Å². The van der Waals surface area contributed by atoms with Gasteiger partial charge in [-0.25, -0.2) is 0 Å². The van der Waals surface area contributed by atoms with E-state index in [1.165, 1.54) is 112 Å². The number of para-hydroxylation sites is 1. The van der Waals surface area contributed by atoms with E-state index in [-0.39, 0.29) is 0 Å². The SMILES string of the molecule is c1ccc2c(c1)sc1c2ccc2c3ccccc3n(-c3ccc4c(c3)c3ccccc3c3cc5c6ccccc6c6ccccc6c5cc43)c21. The second-order valence-electron chi connectivity index (χ2n) is 13.6. The molecule has 0 saturated carbocycles. The molecule has 0 saturated heterocycles. The Balaban J connectivity index is 1.24. The fourth-order valence-corrected chi connectivity index (χ4v) is 10.2. The molecule has 0 aliphatic carbocycles. The molecular formula is C48H27NS. The highest BCUT2D eigenvalue weighted by Crippen LogP contribution is 2.45. The van der Waals surface area contributed by atoms with Crippen LogP contribution in [0, 0.1) is 0 Å². The summed E-state index contributed by atoms with van der Waals surface area (Å²) in [4.78, 5) is 0. The third-order valence-corrected chi connectivity index (χ3v) is 12.3. The monoisotopic (exact) mass is 649 g/mol. The van der Waals surface area contributed by atoms with Crippen molar-refractivity contribution in [3.8, 4) is 5.69 Å². The average molecular weight is 650 g/mol. The van der Waals surface area contributed by atoms with E-state index in [0.717, 1.165) is 0 Å². The quantitative estimate of drug-likeness (QED) is 0.123. The molecule has 0 aliphatic rings. The molecule has 12 aromatic rings. The fourth-order valence-electron chi connectivity index (χ4n) is 8.98. The highest BCUT2D eigenvalue weighted by Gasteiger charge is 2.19. The molecule has 2 heteroatoms. The largest absolute Gasteiger partial charge is 0.308 e. The molecule has 50 heavy (non-hydrogen) atoms. The Bertz CT molecular complexity index is 3430. The molecular weight excluding hydrogens is 623 g/mol. The molecule has 0 aliphatic heterocycles. The molecule has 0 fully saturated rings. The predicted molar refractivity (Wildman–Crippen MR) is 219 cm³/mol. The normalized spacial score (nSPS) is 12.4. The van der Waals surface area contributed by atoms with Gasteiger partial charge in [0.05, 0.1) is 15.7 Å². The van der Waals surface area contributed by atoms with Crippen LogP contribution in [-0.4, -0.2) is 4.57 Å². The maximum Gasteiger partial charge on any atom is 0.0719 e. The van der Waals surface area contributed by atoms with Crippen molar-refractivity contribution >= 4 is 118 Å². The Morgan fingerprint density at radius 1 is 0.300 bits per heavy atom. The first-order valence-electron chi connectivity index (χ1n) is 17.3. The van der Waals surface area contributed by atoms with Gasteiger partial charge in [-0.1, -0.05) is 127 Å². The zero-order chi connectivity index (χ0) is 32.5. The van der Waals surface area contributed by atoms with Crippen molar-refractivity contribution < 1.29 is 0 Å².